The largest absolute Gasteiger partial charge is 0.497 e. The summed E-state index contributed by atoms with van der Waals surface area (Å²) in [6.07, 6.45) is 0. The van der Waals surface area contributed by atoms with Gasteiger partial charge in [-0.25, -0.2) is 0 Å². The van der Waals surface area contributed by atoms with E-state index >= 15 is 0 Å². The highest BCUT2D eigenvalue weighted by molar-refractivity contribution is 6.31. The molecule has 4 heteroatoms. The Hall–Kier alpha value is -0.513. The van der Waals surface area contributed by atoms with Crippen molar-refractivity contribution in [3.8, 4) is 5.75 Å². The quantitative estimate of drug-likeness (QED) is 0.444. The predicted molar refractivity (Wildman–Crippen MR) is 71.2 cm³/mol. The van der Waals surface area contributed by atoms with Crippen molar-refractivity contribution in [3.05, 3.63) is 29.8 Å². The number of hydrogen-bond donors (Lipinski definition) is 0. The summed E-state index contributed by atoms with van der Waals surface area (Å²) < 4.78 is 11.1. The molecule has 0 aromatic heterocycles. The van der Waals surface area contributed by atoms with E-state index in [2.05, 4.69) is 13.8 Å². The second-order valence-corrected chi connectivity index (χ2v) is 5.91. The number of halogens is 1. The fourth-order valence-electron chi connectivity index (χ4n) is 1.46. The Bertz CT molecular complexity index is 311. The topological polar surface area (TPSA) is 18.5 Å². The maximum absolute atomic E-state index is 5.94. The number of ether oxygens (including phenoxy) is 1. The Balaban J connectivity index is 2.65. The van der Waals surface area contributed by atoms with E-state index in [1.54, 1.807) is 7.11 Å². The van der Waals surface area contributed by atoms with Crippen LogP contribution in [0.3, 0.4) is 0 Å². The highest BCUT2D eigenvalue weighted by atomic mass is 35.5. The van der Waals surface area contributed by atoms with Crippen molar-refractivity contribution >= 4 is 21.4 Å². The van der Waals surface area contributed by atoms with E-state index in [1.165, 1.54) is 5.56 Å². The molecule has 0 aliphatic heterocycles. The maximum Gasteiger partial charge on any atom is 0.163 e. The summed E-state index contributed by atoms with van der Waals surface area (Å²) in [4.78, 5) is 0. The van der Waals surface area contributed by atoms with Crippen molar-refractivity contribution < 1.29 is 9.16 Å². The van der Waals surface area contributed by atoms with Crippen molar-refractivity contribution in [1.82, 2.24) is 0 Å². The summed E-state index contributed by atoms with van der Waals surface area (Å²) in [7, 11) is 1.16. The highest BCUT2D eigenvalue weighted by Gasteiger charge is 2.20. The van der Waals surface area contributed by atoms with E-state index in [0.717, 1.165) is 11.8 Å². The van der Waals surface area contributed by atoms with Crippen LogP contribution in [0, 0.1) is 0 Å². The Labute approximate surface area is 105 Å². The monoisotopic (exact) mass is 258 g/mol. The van der Waals surface area contributed by atoms with Gasteiger partial charge >= 0.3 is 0 Å². The molecule has 0 radical (unpaired) electrons. The molecule has 0 atom stereocenters. The third-order valence-electron chi connectivity index (χ3n) is 2.53. The van der Waals surface area contributed by atoms with E-state index in [4.69, 9.17) is 20.8 Å². The van der Waals surface area contributed by atoms with E-state index in [0.29, 0.717) is 5.88 Å². The Morgan fingerprint density at radius 3 is 2.38 bits per heavy atom. The fraction of sp³-hybridized carbons (Fsp3) is 0.500. The Morgan fingerprint density at radius 1 is 1.25 bits per heavy atom. The Morgan fingerprint density at radius 2 is 1.88 bits per heavy atom. The van der Waals surface area contributed by atoms with Crippen molar-refractivity contribution in [3.63, 3.8) is 0 Å². The SMILES string of the molecule is COc1ccc(C(C)(C)O[SiH2]CCCl)cc1. The minimum atomic E-state index is -0.515. The molecule has 90 valence electrons. The molecule has 0 aliphatic rings. The van der Waals surface area contributed by atoms with Crippen molar-refractivity contribution in [2.45, 2.75) is 25.5 Å². The van der Waals surface area contributed by atoms with Gasteiger partial charge in [0.25, 0.3) is 0 Å². The predicted octanol–water partition coefficient (Wildman–Crippen LogP) is 2.69. The van der Waals surface area contributed by atoms with Crippen LogP contribution in [0.4, 0.5) is 0 Å². The molecule has 1 aromatic carbocycles. The summed E-state index contributed by atoms with van der Waals surface area (Å²) >= 11 is 5.65. The van der Waals surface area contributed by atoms with Crippen LogP contribution in [-0.4, -0.2) is 22.8 Å². The molecule has 0 fully saturated rings. The summed E-state index contributed by atoms with van der Waals surface area (Å²) in [6, 6.07) is 9.04. The molecular formula is C12H19ClO2Si. The zero-order valence-electron chi connectivity index (χ0n) is 10.1. The molecule has 0 N–H and O–H groups in total. The van der Waals surface area contributed by atoms with Crippen LogP contribution in [0.1, 0.15) is 19.4 Å². The van der Waals surface area contributed by atoms with E-state index < -0.39 is 9.76 Å². The normalized spacial score (nSPS) is 12.2. The van der Waals surface area contributed by atoms with Gasteiger partial charge < -0.3 is 9.16 Å². The molecule has 0 spiro atoms. The van der Waals surface area contributed by atoms with Crippen LogP contribution >= 0.6 is 11.6 Å². The third kappa shape index (κ3) is 3.81. The van der Waals surface area contributed by atoms with Gasteiger partial charge in [0.2, 0.25) is 0 Å². The summed E-state index contributed by atoms with van der Waals surface area (Å²) in [5, 5.41) is 0. The molecule has 0 heterocycles. The lowest BCUT2D eigenvalue weighted by molar-refractivity contribution is 0.115. The van der Waals surface area contributed by atoms with Gasteiger partial charge in [0.1, 0.15) is 5.75 Å². The van der Waals surface area contributed by atoms with Crippen molar-refractivity contribution in [2.75, 3.05) is 13.0 Å². The van der Waals surface area contributed by atoms with Gasteiger partial charge in [0.15, 0.2) is 9.76 Å². The van der Waals surface area contributed by atoms with Crippen LogP contribution < -0.4 is 4.74 Å². The van der Waals surface area contributed by atoms with Crippen molar-refractivity contribution in [2.24, 2.45) is 0 Å². The average molecular weight is 259 g/mol. The molecule has 0 saturated carbocycles. The summed E-state index contributed by atoms with van der Waals surface area (Å²) in [5.41, 5.74) is 0.959. The Kier molecular flexibility index (Phi) is 5.32. The molecule has 0 aliphatic carbocycles. The minimum Gasteiger partial charge on any atom is -0.497 e. The van der Waals surface area contributed by atoms with Gasteiger partial charge in [-0.05, 0) is 37.6 Å². The second-order valence-electron chi connectivity index (χ2n) is 4.13. The van der Waals surface area contributed by atoms with Gasteiger partial charge in [-0.1, -0.05) is 12.1 Å². The first-order valence-corrected chi connectivity index (χ1v) is 7.56. The number of hydrogen-bond acceptors (Lipinski definition) is 2. The molecule has 1 aromatic rings. The zero-order chi connectivity index (χ0) is 12.0. The van der Waals surface area contributed by atoms with Gasteiger partial charge in [-0.15, -0.1) is 11.6 Å². The lowest BCUT2D eigenvalue weighted by atomic mass is 9.99. The second kappa shape index (κ2) is 6.28. The van der Waals surface area contributed by atoms with Crippen molar-refractivity contribution in [1.29, 1.82) is 0 Å². The molecular weight excluding hydrogens is 240 g/mol. The maximum atomic E-state index is 5.94. The first-order chi connectivity index (χ1) is 7.60. The lowest BCUT2D eigenvalue weighted by Crippen LogP contribution is -2.23. The molecule has 0 unspecified atom stereocenters. The lowest BCUT2D eigenvalue weighted by Gasteiger charge is -2.26. The number of rotatable bonds is 6. The van der Waals surface area contributed by atoms with E-state index in [-0.39, 0.29) is 5.60 Å². The standard InChI is InChI=1S/C12H19ClO2Si/c1-12(2,15-16-9-8-13)10-4-6-11(14-3)7-5-10/h4-7H,8-9,16H2,1-3H3. The molecule has 2 nitrogen and oxygen atoms in total. The first kappa shape index (κ1) is 13.6. The van der Waals surface area contributed by atoms with Crippen LogP contribution in [0.25, 0.3) is 0 Å². The molecule has 0 amide bonds. The zero-order valence-corrected chi connectivity index (χ0v) is 12.3. The molecule has 1 rings (SSSR count). The number of alkyl halides is 1. The highest BCUT2D eigenvalue weighted by Crippen LogP contribution is 2.26. The van der Waals surface area contributed by atoms with Gasteiger partial charge in [-0.3, -0.25) is 0 Å². The van der Waals surface area contributed by atoms with Gasteiger partial charge in [0.05, 0.1) is 12.7 Å². The third-order valence-corrected chi connectivity index (χ3v) is 4.81. The van der Waals surface area contributed by atoms with Crippen LogP contribution in [0.5, 0.6) is 5.75 Å². The number of benzene rings is 1. The first-order valence-electron chi connectivity index (χ1n) is 5.44. The molecule has 0 saturated heterocycles. The van der Waals surface area contributed by atoms with Gasteiger partial charge in [-0.2, -0.15) is 0 Å². The smallest absolute Gasteiger partial charge is 0.163 e. The van der Waals surface area contributed by atoms with E-state index in [1.807, 2.05) is 24.3 Å². The van der Waals surface area contributed by atoms with Crippen LogP contribution in [0.2, 0.25) is 6.04 Å². The minimum absolute atomic E-state index is 0.218. The van der Waals surface area contributed by atoms with Crippen LogP contribution in [-0.2, 0) is 10.0 Å². The summed E-state index contributed by atoms with van der Waals surface area (Å²) in [5.74, 6) is 1.57. The van der Waals surface area contributed by atoms with Gasteiger partial charge in [0, 0.05) is 5.88 Å². The molecule has 0 bridgehead atoms. The molecule has 16 heavy (non-hydrogen) atoms. The van der Waals surface area contributed by atoms with E-state index in [9.17, 15) is 0 Å². The average Bonchev–Trinajstić information content (AvgIpc) is 2.29. The summed E-state index contributed by atoms with van der Waals surface area (Å²) in [6.45, 7) is 4.19. The number of methoxy groups -OCH3 is 1. The van der Waals surface area contributed by atoms with Crippen LogP contribution in [0.15, 0.2) is 24.3 Å². The fourth-order valence-corrected chi connectivity index (χ4v) is 2.72.